The lowest BCUT2D eigenvalue weighted by molar-refractivity contribution is -0.139. The van der Waals surface area contributed by atoms with Crippen molar-refractivity contribution in [1.82, 2.24) is 15.7 Å². The molecule has 0 radical (unpaired) electrons. The molecule has 0 unspecified atom stereocenters. The van der Waals surface area contributed by atoms with Crippen molar-refractivity contribution in [3.8, 4) is 5.75 Å². The number of rotatable bonds is 6. The van der Waals surface area contributed by atoms with Gasteiger partial charge in [0.25, 0.3) is 0 Å². The molecule has 2 N–H and O–H groups in total. The first-order chi connectivity index (χ1) is 13.3. The van der Waals surface area contributed by atoms with E-state index in [4.69, 9.17) is 4.74 Å². The van der Waals surface area contributed by atoms with Gasteiger partial charge in [-0.1, -0.05) is 0 Å². The fourth-order valence-electron chi connectivity index (χ4n) is 2.13. The van der Waals surface area contributed by atoms with Crippen molar-refractivity contribution in [1.29, 1.82) is 0 Å². The molecule has 1 heterocycles. The zero-order chi connectivity index (χ0) is 20.7. The minimum absolute atomic E-state index is 0.154. The van der Waals surface area contributed by atoms with Crippen molar-refractivity contribution in [3.05, 3.63) is 35.3 Å². The van der Waals surface area contributed by atoms with Crippen molar-refractivity contribution >= 4 is 46.1 Å². The van der Waals surface area contributed by atoms with E-state index in [9.17, 15) is 14.4 Å². The van der Waals surface area contributed by atoms with Gasteiger partial charge in [-0.2, -0.15) is 5.10 Å². The standard InChI is InChI=1S/C18H21N5O4S/c1-11(2)20-16(25)17(26)22-19-9-13-10-28-18(21-13)23(12(3)24)14-5-7-15(27-4)8-6-14/h5-11H,1-4H3,(H,20,25)(H,22,26)/b19-9-. The van der Waals surface area contributed by atoms with Crippen LogP contribution in [-0.2, 0) is 14.4 Å². The number of carbonyl (C=O) groups is 3. The SMILES string of the molecule is COc1ccc(N(C(C)=O)c2nc(/C=N\NC(=O)C(=O)NC(C)C)cs2)cc1. The van der Waals surface area contributed by atoms with Crippen molar-refractivity contribution in [3.63, 3.8) is 0 Å². The molecule has 1 aromatic carbocycles. The van der Waals surface area contributed by atoms with Crippen molar-refractivity contribution in [2.24, 2.45) is 5.10 Å². The third-order valence-electron chi connectivity index (χ3n) is 3.34. The van der Waals surface area contributed by atoms with Crippen molar-refractivity contribution < 1.29 is 19.1 Å². The number of benzene rings is 1. The summed E-state index contributed by atoms with van der Waals surface area (Å²) in [6.45, 7) is 4.93. The lowest BCUT2D eigenvalue weighted by atomic mass is 10.3. The zero-order valence-electron chi connectivity index (χ0n) is 15.9. The highest BCUT2D eigenvalue weighted by molar-refractivity contribution is 7.14. The van der Waals surface area contributed by atoms with E-state index in [0.717, 1.165) is 0 Å². The molecule has 9 nitrogen and oxygen atoms in total. The van der Waals surface area contributed by atoms with Gasteiger partial charge in [-0.25, -0.2) is 10.4 Å². The Balaban J connectivity index is 2.09. The minimum atomic E-state index is -0.871. The van der Waals surface area contributed by atoms with Crippen molar-refractivity contribution in [2.45, 2.75) is 26.8 Å². The predicted octanol–water partition coefficient (Wildman–Crippen LogP) is 1.81. The second kappa shape index (κ2) is 9.60. The van der Waals surface area contributed by atoms with E-state index < -0.39 is 11.8 Å². The Morgan fingerprint density at radius 3 is 2.46 bits per heavy atom. The van der Waals surface area contributed by atoms with E-state index in [-0.39, 0.29) is 11.9 Å². The topological polar surface area (TPSA) is 113 Å². The molecular weight excluding hydrogens is 382 g/mol. The second-order valence-corrected chi connectivity index (χ2v) is 6.77. The highest BCUT2D eigenvalue weighted by atomic mass is 32.1. The van der Waals surface area contributed by atoms with Crippen LogP contribution in [0.25, 0.3) is 0 Å². The minimum Gasteiger partial charge on any atom is -0.497 e. The number of amides is 3. The number of hydrogen-bond acceptors (Lipinski definition) is 7. The average Bonchev–Trinajstić information content (AvgIpc) is 3.09. The predicted molar refractivity (Wildman–Crippen MR) is 107 cm³/mol. The molecule has 0 atom stereocenters. The fourth-order valence-corrected chi connectivity index (χ4v) is 2.97. The van der Waals surface area contributed by atoms with E-state index in [1.165, 1.54) is 29.4 Å². The number of anilines is 2. The first-order valence-electron chi connectivity index (χ1n) is 8.36. The van der Waals surface area contributed by atoms with E-state index in [1.807, 2.05) is 0 Å². The molecule has 1 aromatic heterocycles. The fraction of sp³-hybridized carbons (Fsp3) is 0.278. The number of hydrogen-bond donors (Lipinski definition) is 2. The van der Waals surface area contributed by atoms with Gasteiger partial charge in [-0.3, -0.25) is 19.3 Å². The highest BCUT2D eigenvalue weighted by Gasteiger charge is 2.18. The van der Waals surface area contributed by atoms with Crippen LogP contribution in [0.2, 0.25) is 0 Å². The summed E-state index contributed by atoms with van der Waals surface area (Å²) in [4.78, 5) is 41.0. The summed E-state index contributed by atoms with van der Waals surface area (Å²) in [7, 11) is 1.56. The molecule has 0 spiro atoms. The van der Waals surface area contributed by atoms with Gasteiger partial charge >= 0.3 is 11.8 Å². The molecule has 2 rings (SSSR count). The van der Waals surface area contributed by atoms with Crippen LogP contribution in [0.5, 0.6) is 5.75 Å². The molecule has 0 saturated carbocycles. The van der Waals surface area contributed by atoms with Gasteiger partial charge < -0.3 is 10.1 Å². The molecule has 0 aliphatic heterocycles. The lowest BCUT2D eigenvalue weighted by Crippen LogP contribution is -2.41. The Labute approximate surface area is 166 Å². The largest absolute Gasteiger partial charge is 0.497 e. The van der Waals surface area contributed by atoms with Gasteiger partial charge in [-0.05, 0) is 38.1 Å². The number of nitrogens with one attached hydrogen (secondary N) is 2. The van der Waals surface area contributed by atoms with Gasteiger partial charge in [0, 0.05) is 18.3 Å². The Morgan fingerprint density at radius 2 is 1.89 bits per heavy atom. The number of aromatic nitrogens is 1. The number of ether oxygens (including phenoxy) is 1. The maximum Gasteiger partial charge on any atom is 0.329 e. The van der Waals surface area contributed by atoms with Crippen molar-refractivity contribution in [2.75, 3.05) is 12.0 Å². The quantitative estimate of drug-likeness (QED) is 0.434. The van der Waals surface area contributed by atoms with Crippen LogP contribution in [-0.4, -0.2) is 42.1 Å². The van der Waals surface area contributed by atoms with Crippen LogP contribution >= 0.6 is 11.3 Å². The van der Waals surface area contributed by atoms with Gasteiger partial charge in [-0.15, -0.1) is 11.3 Å². The molecular formula is C18H21N5O4S. The van der Waals surface area contributed by atoms with Crippen LogP contribution in [0.1, 0.15) is 26.5 Å². The number of carbonyl (C=O) groups excluding carboxylic acids is 3. The van der Waals surface area contributed by atoms with Gasteiger partial charge in [0.2, 0.25) is 5.91 Å². The molecule has 0 saturated heterocycles. The molecule has 10 heteroatoms. The molecule has 2 aromatic rings. The Bertz CT molecular complexity index is 876. The zero-order valence-corrected chi connectivity index (χ0v) is 16.7. The van der Waals surface area contributed by atoms with Gasteiger partial charge in [0.05, 0.1) is 24.7 Å². The summed E-state index contributed by atoms with van der Waals surface area (Å²) in [5.41, 5.74) is 3.21. The number of thiazole rings is 1. The smallest absolute Gasteiger partial charge is 0.329 e. The first kappa shape index (κ1) is 21.0. The maximum atomic E-state index is 12.1. The van der Waals surface area contributed by atoms with Gasteiger partial charge in [0.15, 0.2) is 5.13 Å². The molecule has 28 heavy (non-hydrogen) atoms. The number of nitrogens with zero attached hydrogens (tertiary/aromatic N) is 3. The van der Waals surface area contributed by atoms with Crippen LogP contribution in [0.4, 0.5) is 10.8 Å². The molecule has 3 amide bonds. The summed E-state index contributed by atoms with van der Waals surface area (Å²) >= 11 is 1.24. The normalized spacial score (nSPS) is 10.8. The third kappa shape index (κ3) is 5.61. The summed E-state index contributed by atoms with van der Waals surface area (Å²) in [5.74, 6) is -1.17. The van der Waals surface area contributed by atoms with Crippen LogP contribution < -0.4 is 20.4 Å². The van der Waals surface area contributed by atoms with Crippen LogP contribution in [0.3, 0.4) is 0 Å². The van der Waals surface area contributed by atoms with Crippen LogP contribution in [0.15, 0.2) is 34.7 Å². The monoisotopic (exact) mass is 403 g/mol. The van der Waals surface area contributed by atoms with E-state index in [1.54, 1.807) is 50.6 Å². The molecule has 0 bridgehead atoms. The van der Waals surface area contributed by atoms with E-state index >= 15 is 0 Å². The highest BCUT2D eigenvalue weighted by Crippen LogP contribution is 2.29. The number of hydrazone groups is 1. The first-order valence-corrected chi connectivity index (χ1v) is 9.24. The Morgan fingerprint density at radius 1 is 1.21 bits per heavy atom. The van der Waals surface area contributed by atoms with E-state index in [2.05, 4.69) is 20.8 Å². The average molecular weight is 403 g/mol. The van der Waals surface area contributed by atoms with Gasteiger partial charge in [0.1, 0.15) is 5.75 Å². The summed E-state index contributed by atoms with van der Waals surface area (Å²) in [5, 5.41) is 8.31. The second-order valence-electron chi connectivity index (χ2n) is 5.93. The molecule has 0 aliphatic carbocycles. The number of methoxy groups -OCH3 is 1. The van der Waals surface area contributed by atoms with Crippen LogP contribution in [0, 0.1) is 0 Å². The third-order valence-corrected chi connectivity index (χ3v) is 4.18. The lowest BCUT2D eigenvalue weighted by Gasteiger charge is -2.18. The maximum absolute atomic E-state index is 12.1. The summed E-state index contributed by atoms with van der Waals surface area (Å²) in [6, 6.07) is 6.85. The Kier molecular flexibility index (Phi) is 7.21. The Hall–Kier alpha value is -3.27. The molecule has 0 fully saturated rings. The molecule has 0 aliphatic rings. The summed E-state index contributed by atoms with van der Waals surface area (Å²) < 4.78 is 5.12. The summed E-state index contributed by atoms with van der Waals surface area (Å²) in [6.07, 6.45) is 1.30. The van der Waals surface area contributed by atoms with E-state index in [0.29, 0.717) is 22.3 Å². The molecule has 148 valence electrons.